The van der Waals surface area contributed by atoms with Gasteiger partial charge in [0, 0.05) is 11.6 Å². The molecular formula is C19H24N2O4. The third-order valence-corrected chi connectivity index (χ3v) is 4.27. The van der Waals surface area contributed by atoms with Crippen molar-refractivity contribution in [3.05, 3.63) is 48.0 Å². The van der Waals surface area contributed by atoms with Gasteiger partial charge < -0.3 is 19.3 Å². The molecule has 134 valence electrons. The average molecular weight is 344 g/mol. The molecule has 1 fully saturated rings. The van der Waals surface area contributed by atoms with Crippen molar-refractivity contribution in [3.8, 4) is 23.0 Å². The fraction of sp³-hybridized carbons (Fsp3) is 0.368. The average Bonchev–Trinajstić information content (AvgIpc) is 2.96. The number of hydrogen-bond acceptors (Lipinski definition) is 6. The smallest absolute Gasteiger partial charge is 0.161 e. The van der Waals surface area contributed by atoms with Gasteiger partial charge in [-0.15, -0.1) is 0 Å². The lowest BCUT2D eigenvalue weighted by Crippen LogP contribution is -2.33. The van der Waals surface area contributed by atoms with Crippen LogP contribution in [-0.4, -0.2) is 31.0 Å². The molecule has 6 nitrogen and oxygen atoms in total. The van der Waals surface area contributed by atoms with Gasteiger partial charge in [-0.3, -0.25) is 5.43 Å². The molecule has 3 atom stereocenters. The minimum atomic E-state index is -0.222. The zero-order valence-electron chi connectivity index (χ0n) is 14.7. The van der Waals surface area contributed by atoms with Crippen molar-refractivity contribution in [2.24, 2.45) is 0 Å². The van der Waals surface area contributed by atoms with Crippen molar-refractivity contribution in [1.82, 2.24) is 10.9 Å². The summed E-state index contributed by atoms with van der Waals surface area (Å²) < 4.78 is 17.0. The molecular weight excluding hydrogens is 320 g/mol. The maximum Gasteiger partial charge on any atom is 0.161 e. The summed E-state index contributed by atoms with van der Waals surface area (Å²) in [7, 11) is 1.62. The number of nitrogens with one attached hydrogen (secondary N) is 2. The second-order valence-corrected chi connectivity index (χ2v) is 5.94. The molecule has 3 rings (SSSR count). The van der Waals surface area contributed by atoms with Gasteiger partial charge in [-0.1, -0.05) is 12.1 Å². The molecule has 2 aromatic rings. The van der Waals surface area contributed by atoms with Crippen LogP contribution in [-0.2, 0) is 0 Å². The molecule has 0 radical (unpaired) electrons. The van der Waals surface area contributed by atoms with Crippen LogP contribution >= 0.6 is 0 Å². The number of benzene rings is 2. The molecule has 0 spiro atoms. The second kappa shape index (κ2) is 7.63. The molecule has 1 saturated heterocycles. The van der Waals surface area contributed by atoms with Crippen LogP contribution in [0.4, 0.5) is 0 Å². The lowest BCUT2D eigenvalue weighted by atomic mass is 9.98. The van der Waals surface area contributed by atoms with Crippen molar-refractivity contribution >= 4 is 0 Å². The van der Waals surface area contributed by atoms with Gasteiger partial charge in [0.1, 0.15) is 17.6 Å². The van der Waals surface area contributed by atoms with Crippen LogP contribution in [0.15, 0.2) is 42.5 Å². The van der Waals surface area contributed by atoms with E-state index in [0.29, 0.717) is 23.9 Å². The molecule has 6 heteroatoms. The Morgan fingerprint density at radius 2 is 1.84 bits per heavy atom. The SMILES string of the molecule is CCOc1ccc(C2NNC(C)C2Oc2ccccc2OC)c(O)c1. The van der Waals surface area contributed by atoms with E-state index in [1.165, 1.54) is 0 Å². The van der Waals surface area contributed by atoms with Crippen molar-refractivity contribution in [2.75, 3.05) is 13.7 Å². The van der Waals surface area contributed by atoms with Gasteiger partial charge in [-0.2, -0.15) is 0 Å². The Morgan fingerprint density at radius 3 is 2.52 bits per heavy atom. The molecule has 25 heavy (non-hydrogen) atoms. The lowest BCUT2D eigenvalue weighted by molar-refractivity contribution is 0.164. The van der Waals surface area contributed by atoms with E-state index in [4.69, 9.17) is 14.2 Å². The standard InChI is InChI=1S/C19H24N2O4/c1-4-24-13-9-10-14(15(22)11-13)18-19(12(2)20-21-18)25-17-8-6-5-7-16(17)23-3/h5-12,18-22H,4H2,1-3H3. The second-order valence-electron chi connectivity index (χ2n) is 5.94. The number of rotatable bonds is 6. The molecule has 0 amide bonds. The Balaban J connectivity index is 1.86. The van der Waals surface area contributed by atoms with Crippen LogP contribution < -0.4 is 25.1 Å². The van der Waals surface area contributed by atoms with E-state index in [9.17, 15) is 5.11 Å². The largest absolute Gasteiger partial charge is 0.507 e. The van der Waals surface area contributed by atoms with Gasteiger partial charge in [0.15, 0.2) is 11.5 Å². The van der Waals surface area contributed by atoms with Crippen LogP contribution in [0.3, 0.4) is 0 Å². The Morgan fingerprint density at radius 1 is 1.08 bits per heavy atom. The molecule has 3 N–H and O–H groups in total. The van der Waals surface area contributed by atoms with Crippen LogP contribution in [0, 0.1) is 0 Å². The summed E-state index contributed by atoms with van der Waals surface area (Å²) in [6, 6.07) is 12.7. The van der Waals surface area contributed by atoms with Gasteiger partial charge in [0.2, 0.25) is 0 Å². The van der Waals surface area contributed by atoms with E-state index in [0.717, 1.165) is 5.56 Å². The molecule has 1 aliphatic heterocycles. The number of phenols is 1. The predicted octanol–water partition coefficient (Wildman–Crippen LogP) is 2.78. The molecule has 0 bridgehead atoms. The quantitative estimate of drug-likeness (QED) is 0.748. The number of aromatic hydroxyl groups is 1. The van der Waals surface area contributed by atoms with Gasteiger partial charge in [0.05, 0.1) is 25.8 Å². The van der Waals surface area contributed by atoms with Crippen LogP contribution in [0.1, 0.15) is 25.5 Å². The molecule has 3 unspecified atom stereocenters. The van der Waals surface area contributed by atoms with E-state index in [1.807, 2.05) is 50.2 Å². The van der Waals surface area contributed by atoms with Gasteiger partial charge in [-0.25, -0.2) is 5.43 Å². The fourth-order valence-corrected chi connectivity index (χ4v) is 3.00. The number of phenolic OH excluding ortho intramolecular Hbond substituents is 1. The van der Waals surface area contributed by atoms with Gasteiger partial charge in [0.25, 0.3) is 0 Å². The summed E-state index contributed by atoms with van der Waals surface area (Å²) in [4.78, 5) is 0. The lowest BCUT2D eigenvalue weighted by Gasteiger charge is -2.24. The van der Waals surface area contributed by atoms with Crippen molar-refractivity contribution in [3.63, 3.8) is 0 Å². The zero-order valence-corrected chi connectivity index (χ0v) is 14.7. The summed E-state index contributed by atoms with van der Waals surface area (Å²) in [5.41, 5.74) is 7.14. The molecule has 1 aliphatic rings. The van der Waals surface area contributed by atoms with Gasteiger partial charge >= 0.3 is 0 Å². The first-order valence-corrected chi connectivity index (χ1v) is 8.40. The van der Waals surface area contributed by atoms with Crippen LogP contribution in [0.25, 0.3) is 0 Å². The highest BCUT2D eigenvalue weighted by Gasteiger charge is 2.37. The van der Waals surface area contributed by atoms with Crippen molar-refractivity contribution in [1.29, 1.82) is 0 Å². The van der Waals surface area contributed by atoms with E-state index < -0.39 is 0 Å². The molecule has 2 aromatic carbocycles. The maximum atomic E-state index is 10.4. The first kappa shape index (κ1) is 17.4. The van der Waals surface area contributed by atoms with Crippen molar-refractivity contribution in [2.45, 2.75) is 32.0 Å². The van der Waals surface area contributed by atoms with E-state index in [-0.39, 0.29) is 23.9 Å². The third kappa shape index (κ3) is 3.65. The summed E-state index contributed by atoms with van der Waals surface area (Å²) in [5, 5.41) is 10.4. The molecule has 0 saturated carbocycles. The number of hydrazine groups is 1. The normalized spacial score (nSPS) is 22.6. The number of para-hydroxylation sites is 2. The fourth-order valence-electron chi connectivity index (χ4n) is 3.00. The highest BCUT2D eigenvalue weighted by Crippen LogP contribution is 2.36. The Bertz CT molecular complexity index is 722. The minimum absolute atomic E-state index is 0.0425. The first-order valence-electron chi connectivity index (χ1n) is 8.40. The Labute approximate surface area is 147 Å². The van der Waals surface area contributed by atoms with Crippen LogP contribution in [0.2, 0.25) is 0 Å². The Kier molecular flexibility index (Phi) is 5.31. The minimum Gasteiger partial charge on any atom is -0.507 e. The summed E-state index contributed by atoms with van der Waals surface area (Å²) >= 11 is 0. The van der Waals surface area contributed by atoms with E-state index in [1.54, 1.807) is 13.2 Å². The summed E-state index contributed by atoms with van der Waals surface area (Å²) in [5.74, 6) is 2.16. The van der Waals surface area contributed by atoms with Crippen molar-refractivity contribution < 1.29 is 19.3 Å². The number of methoxy groups -OCH3 is 1. The topological polar surface area (TPSA) is 72.0 Å². The predicted molar refractivity (Wildman–Crippen MR) is 95.2 cm³/mol. The summed E-state index contributed by atoms with van der Waals surface area (Å²) in [6.45, 7) is 4.49. The van der Waals surface area contributed by atoms with Gasteiger partial charge in [-0.05, 0) is 38.1 Å². The van der Waals surface area contributed by atoms with E-state index >= 15 is 0 Å². The summed E-state index contributed by atoms with van der Waals surface area (Å²) in [6.07, 6.45) is -0.222. The molecule has 0 aliphatic carbocycles. The zero-order chi connectivity index (χ0) is 17.8. The first-order chi connectivity index (χ1) is 12.1. The third-order valence-electron chi connectivity index (χ3n) is 4.27. The van der Waals surface area contributed by atoms with E-state index in [2.05, 4.69) is 10.9 Å². The number of ether oxygens (including phenoxy) is 3. The molecule has 1 heterocycles. The Hall–Kier alpha value is -2.44. The monoisotopic (exact) mass is 344 g/mol. The number of hydrogen-bond donors (Lipinski definition) is 3. The highest BCUT2D eigenvalue weighted by molar-refractivity contribution is 5.44. The molecule has 0 aromatic heterocycles. The highest BCUT2D eigenvalue weighted by atomic mass is 16.5. The van der Waals surface area contributed by atoms with Crippen LogP contribution in [0.5, 0.6) is 23.0 Å². The maximum absolute atomic E-state index is 10.4.